The predicted molar refractivity (Wildman–Crippen MR) is 76.2 cm³/mol. The maximum atomic E-state index is 11.3. The van der Waals surface area contributed by atoms with E-state index in [1.807, 2.05) is 12.1 Å². The molecule has 0 spiro atoms. The SMILES string of the molecule is CCCNc1cccc(CN2CCS(=O)CC2)n1. The molecule has 0 aromatic carbocycles. The fourth-order valence-corrected chi connectivity index (χ4v) is 3.11. The highest BCUT2D eigenvalue weighted by atomic mass is 32.2. The van der Waals surface area contributed by atoms with Crippen LogP contribution >= 0.6 is 0 Å². The van der Waals surface area contributed by atoms with Crippen LogP contribution in [0.3, 0.4) is 0 Å². The van der Waals surface area contributed by atoms with Gasteiger partial charge in [-0.05, 0) is 18.6 Å². The van der Waals surface area contributed by atoms with Crippen molar-refractivity contribution >= 4 is 16.6 Å². The summed E-state index contributed by atoms with van der Waals surface area (Å²) in [5.41, 5.74) is 1.09. The highest BCUT2D eigenvalue weighted by Crippen LogP contribution is 2.09. The monoisotopic (exact) mass is 267 g/mol. The number of anilines is 1. The molecule has 18 heavy (non-hydrogen) atoms. The first-order valence-electron chi connectivity index (χ1n) is 6.55. The zero-order chi connectivity index (χ0) is 12.8. The molecule has 4 nitrogen and oxygen atoms in total. The maximum absolute atomic E-state index is 11.3. The van der Waals surface area contributed by atoms with E-state index < -0.39 is 10.8 Å². The second-order valence-electron chi connectivity index (χ2n) is 4.57. The van der Waals surface area contributed by atoms with Gasteiger partial charge < -0.3 is 5.32 Å². The molecule has 2 rings (SSSR count). The van der Waals surface area contributed by atoms with Crippen molar-refractivity contribution in [2.75, 3.05) is 36.5 Å². The van der Waals surface area contributed by atoms with Crippen LogP contribution in [0.5, 0.6) is 0 Å². The molecule has 0 bridgehead atoms. The van der Waals surface area contributed by atoms with Gasteiger partial charge >= 0.3 is 0 Å². The first-order valence-corrected chi connectivity index (χ1v) is 8.04. The number of nitrogens with one attached hydrogen (secondary N) is 1. The molecule has 1 aromatic heterocycles. The van der Waals surface area contributed by atoms with Crippen LogP contribution in [0, 0.1) is 0 Å². The van der Waals surface area contributed by atoms with Gasteiger partial charge in [-0.2, -0.15) is 0 Å². The average Bonchev–Trinajstić information content (AvgIpc) is 2.40. The number of nitrogens with zero attached hydrogens (tertiary/aromatic N) is 2. The summed E-state index contributed by atoms with van der Waals surface area (Å²) in [7, 11) is -0.602. The van der Waals surface area contributed by atoms with Gasteiger partial charge in [-0.25, -0.2) is 4.98 Å². The van der Waals surface area contributed by atoms with Crippen molar-refractivity contribution in [2.24, 2.45) is 0 Å². The second-order valence-corrected chi connectivity index (χ2v) is 6.26. The molecule has 0 atom stereocenters. The van der Waals surface area contributed by atoms with Crippen molar-refractivity contribution in [1.29, 1.82) is 0 Å². The molecule has 1 saturated heterocycles. The van der Waals surface area contributed by atoms with Crippen LogP contribution in [0.1, 0.15) is 19.0 Å². The average molecular weight is 267 g/mol. The lowest BCUT2D eigenvalue weighted by Gasteiger charge is -2.25. The molecule has 1 aliphatic heterocycles. The third-order valence-electron chi connectivity index (χ3n) is 3.02. The van der Waals surface area contributed by atoms with E-state index in [9.17, 15) is 4.21 Å². The van der Waals surface area contributed by atoms with Gasteiger partial charge in [0, 0.05) is 48.5 Å². The molecule has 0 aliphatic carbocycles. The van der Waals surface area contributed by atoms with Gasteiger partial charge in [0.2, 0.25) is 0 Å². The summed E-state index contributed by atoms with van der Waals surface area (Å²) in [6.45, 7) is 5.80. The molecule has 0 unspecified atom stereocenters. The van der Waals surface area contributed by atoms with E-state index >= 15 is 0 Å². The van der Waals surface area contributed by atoms with Crippen molar-refractivity contribution in [3.63, 3.8) is 0 Å². The fraction of sp³-hybridized carbons (Fsp3) is 0.615. The Labute approximate surface area is 111 Å². The minimum atomic E-state index is -0.602. The van der Waals surface area contributed by atoms with Crippen LogP contribution in [0.2, 0.25) is 0 Å². The van der Waals surface area contributed by atoms with Gasteiger partial charge in [-0.1, -0.05) is 13.0 Å². The summed E-state index contributed by atoms with van der Waals surface area (Å²) < 4.78 is 11.3. The summed E-state index contributed by atoms with van der Waals surface area (Å²) >= 11 is 0. The Morgan fingerprint density at radius 2 is 2.17 bits per heavy atom. The van der Waals surface area contributed by atoms with E-state index in [1.165, 1.54) is 0 Å². The lowest BCUT2D eigenvalue weighted by Crippen LogP contribution is -2.37. The molecule has 0 saturated carbocycles. The lowest BCUT2D eigenvalue weighted by atomic mass is 10.3. The van der Waals surface area contributed by atoms with Gasteiger partial charge in [0.1, 0.15) is 5.82 Å². The van der Waals surface area contributed by atoms with Crippen LogP contribution in [-0.2, 0) is 17.3 Å². The maximum Gasteiger partial charge on any atom is 0.126 e. The number of hydrogen-bond donors (Lipinski definition) is 1. The molecule has 100 valence electrons. The number of pyridine rings is 1. The molecule has 1 fully saturated rings. The molecular weight excluding hydrogens is 246 g/mol. The van der Waals surface area contributed by atoms with Gasteiger partial charge in [-0.3, -0.25) is 9.11 Å². The standard InChI is InChI=1S/C13H21N3OS/c1-2-6-14-13-5-3-4-12(15-13)11-16-7-9-18(17)10-8-16/h3-5H,2,6-11H2,1H3,(H,14,15). The van der Waals surface area contributed by atoms with Crippen LogP contribution < -0.4 is 5.32 Å². The topological polar surface area (TPSA) is 45.2 Å². The molecule has 1 N–H and O–H groups in total. The van der Waals surface area contributed by atoms with Crippen molar-refractivity contribution < 1.29 is 4.21 Å². The van der Waals surface area contributed by atoms with Crippen LogP contribution in [0.25, 0.3) is 0 Å². The lowest BCUT2D eigenvalue weighted by molar-refractivity contribution is 0.288. The number of aromatic nitrogens is 1. The Morgan fingerprint density at radius 1 is 1.39 bits per heavy atom. The molecular formula is C13H21N3OS. The number of hydrogen-bond acceptors (Lipinski definition) is 4. The van der Waals surface area contributed by atoms with Crippen molar-refractivity contribution in [2.45, 2.75) is 19.9 Å². The quantitative estimate of drug-likeness (QED) is 0.877. The van der Waals surface area contributed by atoms with Gasteiger partial charge in [0.05, 0.1) is 5.69 Å². The van der Waals surface area contributed by atoms with Crippen LogP contribution in [0.15, 0.2) is 18.2 Å². The largest absolute Gasteiger partial charge is 0.370 e. The first-order chi connectivity index (χ1) is 8.78. The van der Waals surface area contributed by atoms with E-state index in [2.05, 4.69) is 28.2 Å². The predicted octanol–water partition coefficient (Wildman–Crippen LogP) is 1.47. The van der Waals surface area contributed by atoms with E-state index in [0.717, 1.165) is 55.6 Å². The van der Waals surface area contributed by atoms with Crippen LogP contribution in [0.4, 0.5) is 5.82 Å². The summed E-state index contributed by atoms with van der Waals surface area (Å²) in [6.07, 6.45) is 1.10. The van der Waals surface area contributed by atoms with Crippen LogP contribution in [-0.4, -0.2) is 45.2 Å². The van der Waals surface area contributed by atoms with E-state index in [-0.39, 0.29) is 0 Å². The van der Waals surface area contributed by atoms with Crippen molar-refractivity contribution in [1.82, 2.24) is 9.88 Å². The summed E-state index contributed by atoms with van der Waals surface area (Å²) in [6, 6.07) is 6.11. The Morgan fingerprint density at radius 3 is 2.89 bits per heavy atom. The molecule has 2 heterocycles. The highest BCUT2D eigenvalue weighted by molar-refractivity contribution is 7.85. The normalized spacial score (nSPS) is 17.8. The molecule has 1 aliphatic rings. The number of rotatable bonds is 5. The van der Waals surface area contributed by atoms with E-state index in [1.54, 1.807) is 0 Å². The summed E-state index contributed by atoms with van der Waals surface area (Å²) in [5.74, 6) is 2.55. The summed E-state index contributed by atoms with van der Waals surface area (Å²) in [5, 5.41) is 3.30. The third kappa shape index (κ3) is 4.07. The minimum absolute atomic E-state index is 0.602. The van der Waals surface area contributed by atoms with Crippen molar-refractivity contribution in [3.05, 3.63) is 23.9 Å². The smallest absolute Gasteiger partial charge is 0.126 e. The minimum Gasteiger partial charge on any atom is -0.370 e. The Bertz CT molecular complexity index is 401. The molecule has 0 amide bonds. The van der Waals surface area contributed by atoms with E-state index in [0.29, 0.717) is 0 Å². The van der Waals surface area contributed by atoms with Crippen molar-refractivity contribution in [3.8, 4) is 0 Å². The highest BCUT2D eigenvalue weighted by Gasteiger charge is 2.15. The second kappa shape index (κ2) is 6.85. The molecule has 5 heteroatoms. The van der Waals surface area contributed by atoms with Gasteiger partial charge in [0.25, 0.3) is 0 Å². The molecule has 0 radical (unpaired) electrons. The Hall–Kier alpha value is -0.940. The van der Waals surface area contributed by atoms with Gasteiger partial charge in [-0.15, -0.1) is 0 Å². The zero-order valence-electron chi connectivity index (χ0n) is 10.9. The fourth-order valence-electron chi connectivity index (χ4n) is 1.98. The van der Waals surface area contributed by atoms with E-state index in [4.69, 9.17) is 0 Å². The first kappa shape index (κ1) is 13.5. The zero-order valence-corrected chi connectivity index (χ0v) is 11.7. The third-order valence-corrected chi connectivity index (χ3v) is 4.29. The Balaban J connectivity index is 1.90. The summed E-state index contributed by atoms with van der Waals surface area (Å²) in [4.78, 5) is 6.92. The molecule has 1 aromatic rings. The van der Waals surface area contributed by atoms with Gasteiger partial charge in [0.15, 0.2) is 0 Å². The Kier molecular flexibility index (Phi) is 5.13.